The molecule has 0 aliphatic carbocycles. The highest BCUT2D eigenvalue weighted by atomic mass is 15.4. The summed E-state index contributed by atoms with van der Waals surface area (Å²) in [6.45, 7) is 9.46. The second-order valence-electron chi connectivity index (χ2n) is 10.8. The van der Waals surface area contributed by atoms with Crippen molar-refractivity contribution in [1.29, 1.82) is 0 Å². The monoisotopic (exact) mass is 462 g/mol. The molecule has 1 rings (SSSR count). The van der Waals surface area contributed by atoms with E-state index < -0.39 is 0 Å². The third-order valence-electron chi connectivity index (χ3n) is 7.57. The predicted octanol–water partition coefficient (Wildman–Crippen LogP) is 10.4. The van der Waals surface area contributed by atoms with E-state index in [9.17, 15) is 0 Å². The molecule has 33 heavy (non-hydrogen) atoms. The molecule has 0 bridgehead atoms. The lowest BCUT2D eigenvalue weighted by Gasteiger charge is -2.33. The van der Waals surface area contributed by atoms with Crippen LogP contribution < -0.4 is 0 Å². The van der Waals surface area contributed by atoms with Crippen LogP contribution in [0, 0.1) is 0 Å². The zero-order valence-electron chi connectivity index (χ0n) is 23.3. The van der Waals surface area contributed by atoms with Crippen LogP contribution in [0.5, 0.6) is 0 Å². The summed E-state index contributed by atoms with van der Waals surface area (Å²) in [6, 6.07) is 0. The van der Waals surface area contributed by atoms with Gasteiger partial charge in [0.15, 0.2) is 0 Å². The zero-order valence-corrected chi connectivity index (χ0v) is 23.3. The van der Waals surface area contributed by atoms with Gasteiger partial charge in [0, 0.05) is 25.5 Å². The third kappa shape index (κ3) is 16.6. The lowest BCUT2D eigenvalue weighted by Crippen LogP contribution is -2.39. The molecule has 0 saturated heterocycles. The Labute approximate surface area is 210 Å². The van der Waals surface area contributed by atoms with Gasteiger partial charge >= 0.3 is 0 Å². The Bertz CT molecular complexity index is 389. The first-order valence-electron chi connectivity index (χ1n) is 15.5. The lowest BCUT2D eigenvalue weighted by atomic mass is 10.1. The first kappa shape index (κ1) is 30.4. The maximum atomic E-state index is 2.69. The van der Waals surface area contributed by atoms with E-state index in [1.807, 2.05) is 0 Å². The second kappa shape index (κ2) is 23.1. The molecule has 2 nitrogen and oxygen atoms in total. The van der Waals surface area contributed by atoms with Crippen LogP contribution in [0.1, 0.15) is 168 Å². The minimum Gasteiger partial charge on any atom is -0.356 e. The van der Waals surface area contributed by atoms with Crippen molar-refractivity contribution >= 4 is 0 Å². The van der Waals surface area contributed by atoms with Crippen LogP contribution in [0.3, 0.4) is 0 Å². The minimum atomic E-state index is 0.644. The molecule has 0 atom stereocenters. The quantitative estimate of drug-likeness (QED) is 0.124. The van der Waals surface area contributed by atoms with E-state index in [4.69, 9.17) is 0 Å². The molecule has 2 heteroatoms. The van der Waals surface area contributed by atoms with Crippen molar-refractivity contribution in [2.45, 2.75) is 175 Å². The van der Waals surface area contributed by atoms with Gasteiger partial charge in [0.05, 0.1) is 0 Å². The molecule has 0 spiro atoms. The Kier molecular flexibility index (Phi) is 21.3. The van der Waals surface area contributed by atoms with Crippen LogP contribution in [-0.4, -0.2) is 29.1 Å². The van der Waals surface area contributed by atoms with Crippen molar-refractivity contribution in [3.05, 3.63) is 12.4 Å². The fourth-order valence-electron chi connectivity index (χ4n) is 5.30. The smallest absolute Gasteiger partial charge is 0.101 e. The SMILES string of the molecule is CCCCCCCCCCN1C=CN(CCCCCCCCCC)C1CCCCCCCC. The summed E-state index contributed by atoms with van der Waals surface area (Å²) in [5.74, 6) is 0. The molecule has 0 unspecified atom stereocenters. The van der Waals surface area contributed by atoms with Crippen molar-refractivity contribution in [1.82, 2.24) is 9.80 Å². The maximum absolute atomic E-state index is 2.69. The molecule has 1 heterocycles. The number of nitrogens with zero attached hydrogens (tertiary/aromatic N) is 2. The summed E-state index contributed by atoms with van der Waals surface area (Å²) < 4.78 is 0. The highest BCUT2D eigenvalue weighted by Gasteiger charge is 2.24. The first-order valence-corrected chi connectivity index (χ1v) is 15.5. The standard InChI is InChI=1S/C31H62N2/c1-4-7-10-13-16-18-21-24-27-32-29-30-33(28-25-22-19-17-14-11-8-5-2)31(32)26-23-20-15-12-9-6-3/h29-31H,4-28H2,1-3H3. The van der Waals surface area contributed by atoms with E-state index in [0.717, 1.165) is 0 Å². The lowest BCUT2D eigenvalue weighted by molar-refractivity contribution is 0.135. The number of unbranched alkanes of at least 4 members (excludes halogenated alkanes) is 19. The van der Waals surface area contributed by atoms with Gasteiger partial charge in [0.2, 0.25) is 0 Å². The fraction of sp³-hybridized carbons (Fsp3) is 0.935. The van der Waals surface area contributed by atoms with Crippen LogP contribution in [0.2, 0.25) is 0 Å². The van der Waals surface area contributed by atoms with Crippen LogP contribution >= 0.6 is 0 Å². The Morgan fingerprint density at radius 3 is 1.06 bits per heavy atom. The Hall–Kier alpha value is -0.660. The predicted molar refractivity (Wildman–Crippen MR) is 150 cm³/mol. The summed E-state index contributed by atoms with van der Waals surface area (Å²) in [4.78, 5) is 5.38. The molecule has 0 radical (unpaired) electrons. The van der Waals surface area contributed by atoms with E-state index in [2.05, 4.69) is 43.0 Å². The molecular formula is C31H62N2. The van der Waals surface area contributed by atoms with Gasteiger partial charge in [0.25, 0.3) is 0 Å². The molecular weight excluding hydrogens is 400 g/mol. The van der Waals surface area contributed by atoms with Crippen molar-refractivity contribution in [2.24, 2.45) is 0 Å². The van der Waals surface area contributed by atoms with E-state index in [1.165, 1.54) is 161 Å². The Balaban J connectivity index is 2.27. The van der Waals surface area contributed by atoms with Crippen LogP contribution in [0.4, 0.5) is 0 Å². The van der Waals surface area contributed by atoms with Gasteiger partial charge in [0.1, 0.15) is 6.17 Å². The molecule has 0 fully saturated rings. The number of hydrogen-bond donors (Lipinski definition) is 0. The van der Waals surface area contributed by atoms with Crippen LogP contribution in [0.25, 0.3) is 0 Å². The summed E-state index contributed by atoms with van der Waals surface area (Å²) in [5.41, 5.74) is 0. The average molecular weight is 463 g/mol. The molecule has 0 saturated carbocycles. The third-order valence-corrected chi connectivity index (χ3v) is 7.57. The number of hydrogen-bond acceptors (Lipinski definition) is 2. The summed E-state index contributed by atoms with van der Waals surface area (Å²) in [5, 5.41) is 0. The minimum absolute atomic E-state index is 0.644. The van der Waals surface area contributed by atoms with E-state index in [0.29, 0.717) is 6.17 Å². The van der Waals surface area contributed by atoms with Gasteiger partial charge in [-0.15, -0.1) is 0 Å². The van der Waals surface area contributed by atoms with Crippen LogP contribution in [0.15, 0.2) is 12.4 Å². The molecule has 0 amide bonds. The largest absolute Gasteiger partial charge is 0.356 e. The molecule has 1 aliphatic heterocycles. The first-order chi connectivity index (χ1) is 16.3. The van der Waals surface area contributed by atoms with E-state index in [-0.39, 0.29) is 0 Å². The van der Waals surface area contributed by atoms with Gasteiger partial charge in [-0.25, -0.2) is 0 Å². The Morgan fingerprint density at radius 1 is 0.394 bits per heavy atom. The van der Waals surface area contributed by atoms with Gasteiger partial charge in [-0.1, -0.05) is 143 Å². The highest BCUT2D eigenvalue weighted by molar-refractivity contribution is 4.97. The maximum Gasteiger partial charge on any atom is 0.101 e. The summed E-state index contributed by atoms with van der Waals surface area (Å²) in [7, 11) is 0. The topological polar surface area (TPSA) is 6.48 Å². The van der Waals surface area contributed by atoms with Gasteiger partial charge < -0.3 is 9.80 Å². The molecule has 0 aromatic rings. The Morgan fingerprint density at radius 2 is 0.697 bits per heavy atom. The fourth-order valence-corrected chi connectivity index (χ4v) is 5.30. The second-order valence-corrected chi connectivity index (χ2v) is 10.8. The summed E-state index contributed by atoms with van der Waals surface area (Å²) >= 11 is 0. The van der Waals surface area contributed by atoms with E-state index >= 15 is 0 Å². The van der Waals surface area contributed by atoms with Crippen LogP contribution in [-0.2, 0) is 0 Å². The molecule has 0 aromatic heterocycles. The van der Waals surface area contributed by atoms with Crippen molar-refractivity contribution in [3.8, 4) is 0 Å². The average Bonchev–Trinajstić information content (AvgIpc) is 3.21. The zero-order chi connectivity index (χ0) is 23.8. The van der Waals surface area contributed by atoms with E-state index in [1.54, 1.807) is 0 Å². The van der Waals surface area contributed by atoms with Gasteiger partial charge in [-0.2, -0.15) is 0 Å². The van der Waals surface area contributed by atoms with Crippen molar-refractivity contribution in [2.75, 3.05) is 13.1 Å². The molecule has 0 aromatic carbocycles. The van der Waals surface area contributed by atoms with Gasteiger partial charge in [-0.3, -0.25) is 0 Å². The highest BCUT2D eigenvalue weighted by Crippen LogP contribution is 2.24. The van der Waals surface area contributed by atoms with Crippen molar-refractivity contribution < 1.29 is 0 Å². The normalized spacial score (nSPS) is 14.2. The molecule has 1 aliphatic rings. The van der Waals surface area contributed by atoms with Crippen molar-refractivity contribution in [3.63, 3.8) is 0 Å². The number of rotatable bonds is 25. The summed E-state index contributed by atoms with van der Waals surface area (Å²) in [6.07, 6.45) is 38.0. The van der Waals surface area contributed by atoms with Gasteiger partial charge in [-0.05, 0) is 25.7 Å². The molecule has 0 N–H and O–H groups in total. The molecule has 196 valence electrons.